The van der Waals surface area contributed by atoms with Crippen molar-refractivity contribution in [1.82, 2.24) is 4.90 Å². The minimum absolute atomic E-state index is 0.112. The van der Waals surface area contributed by atoms with E-state index in [0.29, 0.717) is 12.8 Å². The van der Waals surface area contributed by atoms with Crippen molar-refractivity contribution >= 4 is 17.8 Å². The van der Waals surface area contributed by atoms with Gasteiger partial charge in [0, 0.05) is 12.8 Å². The van der Waals surface area contributed by atoms with Gasteiger partial charge in [0.05, 0.1) is 6.61 Å². The molecule has 0 aromatic rings. The van der Waals surface area contributed by atoms with Crippen molar-refractivity contribution in [1.29, 1.82) is 0 Å². The molecule has 1 saturated carbocycles. The second-order valence-electron chi connectivity index (χ2n) is 5.24. The molecule has 1 spiro atoms. The Labute approximate surface area is 106 Å². The molecule has 2 amide bonds. The van der Waals surface area contributed by atoms with Gasteiger partial charge in [0.25, 0.3) is 0 Å². The lowest BCUT2D eigenvalue weighted by atomic mass is 9.76. The number of ether oxygens (including phenoxy) is 1. The maximum absolute atomic E-state index is 12.0. The molecule has 0 aromatic carbocycles. The Hall–Kier alpha value is -1.39. The highest BCUT2D eigenvalue weighted by atomic mass is 16.5. The van der Waals surface area contributed by atoms with Crippen molar-refractivity contribution in [3.63, 3.8) is 0 Å². The van der Waals surface area contributed by atoms with Crippen molar-refractivity contribution in [2.24, 2.45) is 5.41 Å². The highest BCUT2D eigenvalue weighted by molar-refractivity contribution is 6.01. The van der Waals surface area contributed by atoms with Gasteiger partial charge in [-0.15, -0.1) is 0 Å². The van der Waals surface area contributed by atoms with E-state index in [1.165, 1.54) is 0 Å². The molecule has 5 heteroatoms. The van der Waals surface area contributed by atoms with E-state index < -0.39 is 5.97 Å². The molecule has 1 aliphatic heterocycles. The number of hydrogen-bond acceptors (Lipinski definition) is 4. The average Bonchev–Trinajstić information content (AvgIpc) is 2.72. The molecule has 1 saturated heterocycles. The Morgan fingerprint density at radius 1 is 1.22 bits per heavy atom. The fraction of sp³-hybridized carbons (Fsp3) is 0.769. The third kappa shape index (κ3) is 2.54. The highest BCUT2D eigenvalue weighted by Crippen LogP contribution is 2.46. The predicted octanol–water partition coefficient (Wildman–Crippen LogP) is 1.26. The Balaban J connectivity index is 2.00. The smallest absolute Gasteiger partial charge is 0.326 e. The Morgan fingerprint density at radius 2 is 1.78 bits per heavy atom. The summed E-state index contributed by atoms with van der Waals surface area (Å²) in [4.78, 5) is 36.4. The molecule has 0 aromatic heterocycles. The molecule has 2 aliphatic rings. The topological polar surface area (TPSA) is 63.7 Å². The van der Waals surface area contributed by atoms with Crippen molar-refractivity contribution in [2.45, 2.75) is 45.4 Å². The molecule has 1 aliphatic carbocycles. The van der Waals surface area contributed by atoms with Crippen LogP contribution in [0, 0.1) is 5.41 Å². The van der Waals surface area contributed by atoms with E-state index in [1.807, 2.05) is 0 Å². The molecule has 100 valence electrons. The summed E-state index contributed by atoms with van der Waals surface area (Å²) in [5.41, 5.74) is -0.112. The molecule has 0 N–H and O–H groups in total. The van der Waals surface area contributed by atoms with Crippen LogP contribution in [0.2, 0.25) is 0 Å². The van der Waals surface area contributed by atoms with Crippen molar-refractivity contribution < 1.29 is 19.1 Å². The summed E-state index contributed by atoms with van der Waals surface area (Å²) in [7, 11) is 0. The van der Waals surface area contributed by atoms with E-state index in [1.54, 1.807) is 6.92 Å². The fourth-order valence-electron chi connectivity index (χ4n) is 3.02. The molecule has 2 fully saturated rings. The second kappa shape index (κ2) is 5.08. The first kappa shape index (κ1) is 13.1. The maximum atomic E-state index is 12.0. The number of amides is 2. The number of likely N-dealkylation sites (tertiary alicyclic amines) is 1. The van der Waals surface area contributed by atoms with Crippen LogP contribution in [0.1, 0.15) is 45.4 Å². The molecule has 0 bridgehead atoms. The van der Waals surface area contributed by atoms with Crippen LogP contribution in [0.5, 0.6) is 0 Å². The zero-order valence-electron chi connectivity index (χ0n) is 10.7. The Bertz CT molecular complexity index is 351. The monoisotopic (exact) mass is 253 g/mol. The second-order valence-corrected chi connectivity index (χ2v) is 5.24. The standard InChI is InChI=1S/C13H19NO4/c1-2-18-12(17)9-14-10(15)7-13(8-11(14)16)5-3-4-6-13/h2-9H2,1H3. The number of esters is 1. The molecular weight excluding hydrogens is 234 g/mol. The first-order chi connectivity index (χ1) is 8.56. The van der Waals surface area contributed by atoms with E-state index >= 15 is 0 Å². The highest BCUT2D eigenvalue weighted by Gasteiger charge is 2.45. The van der Waals surface area contributed by atoms with Crippen LogP contribution in [0.3, 0.4) is 0 Å². The third-order valence-corrected chi connectivity index (χ3v) is 3.91. The van der Waals surface area contributed by atoms with Gasteiger partial charge in [0.1, 0.15) is 6.54 Å². The van der Waals surface area contributed by atoms with E-state index in [2.05, 4.69) is 0 Å². The van der Waals surface area contributed by atoms with Crippen LogP contribution in [-0.4, -0.2) is 35.8 Å². The van der Waals surface area contributed by atoms with Crippen LogP contribution >= 0.6 is 0 Å². The molecule has 1 heterocycles. The lowest BCUT2D eigenvalue weighted by molar-refractivity contribution is -0.160. The van der Waals surface area contributed by atoms with Gasteiger partial charge in [-0.3, -0.25) is 19.3 Å². The summed E-state index contributed by atoms with van der Waals surface area (Å²) in [6.45, 7) is 1.73. The zero-order chi connectivity index (χ0) is 13.2. The molecule has 5 nitrogen and oxygen atoms in total. The number of hydrogen-bond donors (Lipinski definition) is 0. The van der Waals surface area contributed by atoms with E-state index in [4.69, 9.17) is 4.74 Å². The van der Waals surface area contributed by atoms with Crippen molar-refractivity contribution in [3.8, 4) is 0 Å². The summed E-state index contributed by atoms with van der Waals surface area (Å²) in [5.74, 6) is -0.955. The van der Waals surface area contributed by atoms with Gasteiger partial charge in [0.2, 0.25) is 11.8 Å². The third-order valence-electron chi connectivity index (χ3n) is 3.91. The SMILES string of the molecule is CCOC(=O)CN1C(=O)CC2(CCCC2)CC1=O. The van der Waals surface area contributed by atoms with Gasteiger partial charge < -0.3 is 4.74 Å². The predicted molar refractivity (Wildman–Crippen MR) is 63.5 cm³/mol. The van der Waals surface area contributed by atoms with Crippen LogP contribution < -0.4 is 0 Å². The summed E-state index contributed by atoms with van der Waals surface area (Å²) >= 11 is 0. The molecular formula is C13H19NO4. The summed E-state index contributed by atoms with van der Waals surface area (Å²) in [6.07, 6.45) is 4.91. The average molecular weight is 253 g/mol. The van der Waals surface area contributed by atoms with Crippen molar-refractivity contribution in [2.75, 3.05) is 13.2 Å². The minimum atomic E-state index is -0.512. The lowest BCUT2D eigenvalue weighted by Gasteiger charge is -2.36. The van der Waals surface area contributed by atoms with E-state index in [9.17, 15) is 14.4 Å². The van der Waals surface area contributed by atoms with Gasteiger partial charge in [-0.2, -0.15) is 0 Å². The Kier molecular flexibility index (Phi) is 3.68. The van der Waals surface area contributed by atoms with Gasteiger partial charge in [-0.25, -0.2) is 0 Å². The van der Waals surface area contributed by atoms with Gasteiger partial charge >= 0.3 is 5.97 Å². The minimum Gasteiger partial charge on any atom is -0.465 e. The summed E-state index contributed by atoms with van der Waals surface area (Å²) in [5, 5.41) is 0. The maximum Gasteiger partial charge on any atom is 0.326 e. The number of nitrogens with zero attached hydrogens (tertiary/aromatic N) is 1. The summed E-state index contributed by atoms with van der Waals surface area (Å²) in [6, 6.07) is 0. The fourth-order valence-corrected chi connectivity index (χ4v) is 3.02. The van der Waals surface area contributed by atoms with E-state index in [-0.39, 0.29) is 30.4 Å². The molecule has 0 unspecified atom stereocenters. The lowest BCUT2D eigenvalue weighted by Crippen LogP contribution is -2.49. The van der Waals surface area contributed by atoms with Crippen molar-refractivity contribution in [3.05, 3.63) is 0 Å². The largest absolute Gasteiger partial charge is 0.465 e. The number of rotatable bonds is 3. The number of piperidine rings is 1. The first-order valence-electron chi connectivity index (χ1n) is 6.55. The number of carbonyl (C=O) groups is 3. The summed E-state index contributed by atoms with van der Waals surface area (Å²) < 4.78 is 4.77. The zero-order valence-corrected chi connectivity index (χ0v) is 10.7. The van der Waals surface area contributed by atoms with E-state index in [0.717, 1.165) is 30.6 Å². The molecule has 0 atom stereocenters. The molecule has 0 radical (unpaired) electrons. The quantitative estimate of drug-likeness (QED) is 0.561. The normalized spacial score (nSPS) is 22.6. The van der Waals surface area contributed by atoms with Crippen LogP contribution in [0.4, 0.5) is 0 Å². The van der Waals surface area contributed by atoms with Gasteiger partial charge in [-0.1, -0.05) is 12.8 Å². The number of carbonyl (C=O) groups excluding carboxylic acids is 3. The van der Waals surface area contributed by atoms with Gasteiger partial charge in [0.15, 0.2) is 0 Å². The van der Waals surface area contributed by atoms with Crippen LogP contribution in [0.15, 0.2) is 0 Å². The first-order valence-corrected chi connectivity index (χ1v) is 6.55. The van der Waals surface area contributed by atoms with Crippen LogP contribution in [0.25, 0.3) is 0 Å². The molecule has 2 rings (SSSR count). The van der Waals surface area contributed by atoms with Crippen LogP contribution in [-0.2, 0) is 19.1 Å². The number of imide groups is 1. The molecule has 18 heavy (non-hydrogen) atoms. The Morgan fingerprint density at radius 3 is 2.28 bits per heavy atom. The van der Waals surface area contributed by atoms with Gasteiger partial charge in [-0.05, 0) is 25.2 Å².